The normalized spacial score (nSPS) is 9.94. The molecule has 1 rings (SSSR count). The molecule has 0 unspecified atom stereocenters. The molecule has 5 nitrogen and oxygen atoms in total. The van der Waals surface area contributed by atoms with Gasteiger partial charge in [-0.2, -0.15) is 0 Å². The predicted molar refractivity (Wildman–Crippen MR) is 56.5 cm³/mol. The number of nitro groups is 1. The second-order valence-corrected chi connectivity index (χ2v) is 3.66. The van der Waals surface area contributed by atoms with Crippen molar-refractivity contribution >= 4 is 27.6 Å². The molecule has 0 aliphatic carbocycles. The molecule has 0 heterocycles. The summed E-state index contributed by atoms with van der Waals surface area (Å²) in [6, 6.07) is 1.97. The highest BCUT2D eigenvalue weighted by Gasteiger charge is 2.22. The lowest BCUT2D eigenvalue weighted by Crippen LogP contribution is -2.08. The van der Waals surface area contributed by atoms with E-state index in [1.807, 2.05) is 0 Å². The standard InChI is InChI=1S/C9H7BrFNO4/c1-16-8(13)4-5-7(12(14)15)3-2-6(11)9(5)10/h2-3H,4H2,1H3. The Labute approximate surface area is 98.5 Å². The molecule has 0 radical (unpaired) electrons. The fraction of sp³-hybridized carbons (Fsp3) is 0.222. The number of nitro benzene ring substituents is 1. The molecule has 1 aromatic carbocycles. The van der Waals surface area contributed by atoms with Crippen LogP contribution in [0.3, 0.4) is 0 Å². The fourth-order valence-electron chi connectivity index (χ4n) is 1.14. The van der Waals surface area contributed by atoms with E-state index in [9.17, 15) is 19.3 Å². The van der Waals surface area contributed by atoms with Crippen molar-refractivity contribution in [3.63, 3.8) is 0 Å². The SMILES string of the molecule is COC(=O)Cc1c([N+](=O)[O-])ccc(F)c1Br. The average molecular weight is 292 g/mol. The van der Waals surface area contributed by atoms with Crippen LogP contribution < -0.4 is 0 Å². The van der Waals surface area contributed by atoms with Gasteiger partial charge in [0.1, 0.15) is 5.82 Å². The van der Waals surface area contributed by atoms with Crippen LogP contribution in [0.2, 0.25) is 0 Å². The number of ether oxygens (including phenoxy) is 1. The number of carbonyl (C=O) groups is 1. The van der Waals surface area contributed by atoms with E-state index in [0.717, 1.165) is 19.2 Å². The number of carbonyl (C=O) groups excluding carboxylic acids is 1. The van der Waals surface area contributed by atoms with Gasteiger partial charge in [-0.25, -0.2) is 4.39 Å². The molecule has 0 aromatic heterocycles. The van der Waals surface area contributed by atoms with E-state index >= 15 is 0 Å². The lowest BCUT2D eigenvalue weighted by molar-refractivity contribution is -0.385. The van der Waals surface area contributed by atoms with Gasteiger partial charge in [0, 0.05) is 6.07 Å². The Balaban J connectivity index is 3.26. The van der Waals surface area contributed by atoms with E-state index in [1.165, 1.54) is 0 Å². The number of hydrogen-bond donors (Lipinski definition) is 0. The number of methoxy groups -OCH3 is 1. The van der Waals surface area contributed by atoms with Crippen LogP contribution in [0.1, 0.15) is 5.56 Å². The summed E-state index contributed by atoms with van der Waals surface area (Å²) in [6.45, 7) is 0. The number of esters is 1. The number of nitrogens with zero attached hydrogens (tertiary/aromatic N) is 1. The molecule has 16 heavy (non-hydrogen) atoms. The first kappa shape index (κ1) is 12.6. The van der Waals surface area contributed by atoms with Crippen molar-refractivity contribution in [3.05, 3.63) is 38.1 Å². The molecule has 0 N–H and O–H groups in total. The molecular weight excluding hydrogens is 285 g/mol. The highest BCUT2D eigenvalue weighted by Crippen LogP contribution is 2.29. The maximum absolute atomic E-state index is 13.2. The monoisotopic (exact) mass is 291 g/mol. The lowest BCUT2D eigenvalue weighted by Gasteiger charge is -2.05. The van der Waals surface area contributed by atoms with Gasteiger partial charge >= 0.3 is 5.97 Å². The van der Waals surface area contributed by atoms with Crippen LogP contribution in [0.15, 0.2) is 16.6 Å². The smallest absolute Gasteiger partial charge is 0.310 e. The Hall–Kier alpha value is -1.50. The van der Waals surface area contributed by atoms with Crippen molar-refractivity contribution in [1.29, 1.82) is 0 Å². The Kier molecular flexibility index (Phi) is 3.94. The van der Waals surface area contributed by atoms with Crippen molar-refractivity contribution in [2.24, 2.45) is 0 Å². The van der Waals surface area contributed by atoms with Crippen molar-refractivity contribution < 1.29 is 18.8 Å². The molecule has 0 aliphatic rings. The molecule has 7 heteroatoms. The Morgan fingerprint density at radius 2 is 2.25 bits per heavy atom. The average Bonchev–Trinajstić information content (AvgIpc) is 2.24. The predicted octanol–water partition coefficient (Wildman–Crippen LogP) is 2.21. The van der Waals surface area contributed by atoms with Crippen LogP contribution in [0, 0.1) is 15.9 Å². The minimum absolute atomic E-state index is 0.0307. The number of rotatable bonds is 3. The highest BCUT2D eigenvalue weighted by atomic mass is 79.9. The molecule has 0 spiro atoms. The third kappa shape index (κ3) is 2.54. The van der Waals surface area contributed by atoms with Gasteiger partial charge in [0.05, 0.1) is 28.5 Å². The Morgan fingerprint density at radius 3 is 2.75 bits per heavy atom. The third-order valence-corrected chi connectivity index (χ3v) is 2.77. The van der Waals surface area contributed by atoms with Crippen LogP contribution in [0.5, 0.6) is 0 Å². The van der Waals surface area contributed by atoms with Gasteiger partial charge in [-0.1, -0.05) is 0 Å². The van der Waals surface area contributed by atoms with Crippen LogP contribution in [0.25, 0.3) is 0 Å². The molecule has 0 atom stereocenters. The van der Waals surface area contributed by atoms with Crippen LogP contribution in [-0.4, -0.2) is 18.0 Å². The maximum Gasteiger partial charge on any atom is 0.310 e. The minimum Gasteiger partial charge on any atom is -0.469 e. The summed E-state index contributed by atoms with van der Waals surface area (Å²) in [6.07, 6.45) is -0.356. The van der Waals surface area contributed by atoms with Crippen molar-refractivity contribution in [2.45, 2.75) is 6.42 Å². The van der Waals surface area contributed by atoms with E-state index in [2.05, 4.69) is 20.7 Å². The van der Waals surface area contributed by atoms with E-state index in [0.29, 0.717) is 0 Å². The molecule has 0 saturated carbocycles. The molecule has 0 fully saturated rings. The van der Waals surface area contributed by atoms with Gasteiger partial charge in [0.25, 0.3) is 5.69 Å². The summed E-state index contributed by atoms with van der Waals surface area (Å²) in [5, 5.41) is 10.7. The first-order valence-electron chi connectivity index (χ1n) is 4.15. The zero-order valence-corrected chi connectivity index (χ0v) is 9.78. The number of benzene rings is 1. The van der Waals surface area contributed by atoms with E-state index in [1.54, 1.807) is 0 Å². The Morgan fingerprint density at radius 1 is 1.62 bits per heavy atom. The van der Waals surface area contributed by atoms with Gasteiger partial charge in [0.15, 0.2) is 0 Å². The molecule has 86 valence electrons. The highest BCUT2D eigenvalue weighted by molar-refractivity contribution is 9.10. The Bertz CT molecular complexity index is 449. The van der Waals surface area contributed by atoms with Gasteiger partial charge in [-0.3, -0.25) is 14.9 Å². The summed E-state index contributed by atoms with van der Waals surface area (Å²) in [5.41, 5.74) is -0.351. The third-order valence-electron chi connectivity index (χ3n) is 1.92. The summed E-state index contributed by atoms with van der Waals surface area (Å²) >= 11 is 2.87. The van der Waals surface area contributed by atoms with Crippen molar-refractivity contribution in [3.8, 4) is 0 Å². The molecule has 0 aliphatic heterocycles. The zero-order valence-electron chi connectivity index (χ0n) is 8.20. The topological polar surface area (TPSA) is 69.4 Å². The zero-order chi connectivity index (χ0) is 12.3. The fourth-order valence-corrected chi connectivity index (χ4v) is 1.61. The molecule has 0 amide bonds. The minimum atomic E-state index is -0.678. The second-order valence-electron chi connectivity index (χ2n) is 2.87. The van der Waals surface area contributed by atoms with Crippen LogP contribution in [-0.2, 0) is 16.0 Å². The second kappa shape index (κ2) is 5.02. The van der Waals surface area contributed by atoms with E-state index < -0.39 is 16.7 Å². The maximum atomic E-state index is 13.2. The lowest BCUT2D eigenvalue weighted by atomic mass is 10.1. The quantitative estimate of drug-likeness (QED) is 0.486. The number of halogens is 2. The van der Waals surface area contributed by atoms with Gasteiger partial charge in [0.2, 0.25) is 0 Å². The van der Waals surface area contributed by atoms with E-state index in [-0.39, 0.29) is 22.1 Å². The first-order valence-corrected chi connectivity index (χ1v) is 4.94. The van der Waals surface area contributed by atoms with Gasteiger partial charge < -0.3 is 4.74 Å². The van der Waals surface area contributed by atoms with Crippen molar-refractivity contribution in [1.82, 2.24) is 0 Å². The largest absolute Gasteiger partial charge is 0.469 e. The summed E-state index contributed by atoms with van der Waals surface area (Å²) in [5.74, 6) is -1.33. The molecule has 0 saturated heterocycles. The van der Waals surface area contributed by atoms with Gasteiger partial charge in [-0.05, 0) is 22.0 Å². The first-order chi connectivity index (χ1) is 7.47. The van der Waals surface area contributed by atoms with E-state index in [4.69, 9.17) is 0 Å². The van der Waals surface area contributed by atoms with Crippen LogP contribution >= 0.6 is 15.9 Å². The van der Waals surface area contributed by atoms with Gasteiger partial charge in [-0.15, -0.1) is 0 Å². The summed E-state index contributed by atoms with van der Waals surface area (Å²) < 4.78 is 17.4. The summed E-state index contributed by atoms with van der Waals surface area (Å²) in [4.78, 5) is 21.0. The number of hydrogen-bond acceptors (Lipinski definition) is 4. The molecular formula is C9H7BrFNO4. The summed E-state index contributed by atoms with van der Waals surface area (Å²) in [7, 11) is 1.15. The molecule has 0 bridgehead atoms. The van der Waals surface area contributed by atoms with Crippen molar-refractivity contribution in [2.75, 3.05) is 7.11 Å². The molecule has 1 aromatic rings. The van der Waals surface area contributed by atoms with Crippen LogP contribution in [0.4, 0.5) is 10.1 Å².